The minimum atomic E-state index is -3.91. The summed E-state index contributed by atoms with van der Waals surface area (Å²) >= 11 is 0. The highest BCUT2D eigenvalue weighted by Crippen LogP contribution is 2.29. The summed E-state index contributed by atoms with van der Waals surface area (Å²) in [7, 11) is -3.91. The Morgan fingerprint density at radius 2 is 1.97 bits per heavy atom. The van der Waals surface area contributed by atoms with Crippen molar-refractivity contribution in [1.82, 2.24) is 0 Å². The molecular weight excluding hydrogens is 398 g/mol. The number of nitrogens with zero attached hydrogens (tertiary/aromatic N) is 2. The van der Waals surface area contributed by atoms with Gasteiger partial charge in [-0.1, -0.05) is 12.1 Å². The molecule has 156 valence electrons. The molecule has 1 atom stereocenters. The van der Waals surface area contributed by atoms with Crippen LogP contribution in [0.1, 0.15) is 19.4 Å². The normalized spacial score (nSPS) is 12.1. The van der Waals surface area contributed by atoms with Gasteiger partial charge in [-0.05, 0) is 38.5 Å². The Labute approximate surface area is 169 Å². The molecule has 0 aliphatic carbocycles. The largest absolute Gasteiger partial charge is 0.494 e. The minimum absolute atomic E-state index is 0.0763. The van der Waals surface area contributed by atoms with E-state index in [0.29, 0.717) is 23.6 Å². The molecule has 0 aliphatic heterocycles. The highest BCUT2D eigenvalue weighted by atomic mass is 32.2. The Hall–Kier alpha value is -3.14. The van der Waals surface area contributed by atoms with Crippen molar-refractivity contribution in [2.45, 2.75) is 26.8 Å². The van der Waals surface area contributed by atoms with Crippen LogP contribution in [-0.4, -0.2) is 38.2 Å². The summed E-state index contributed by atoms with van der Waals surface area (Å²) < 4.78 is 31.2. The number of amides is 1. The number of rotatable bonds is 8. The Morgan fingerprint density at radius 1 is 1.28 bits per heavy atom. The molecule has 1 unspecified atom stereocenters. The molecule has 10 heteroatoms. The molecular formula is C19H23N3O6S. The number of benzene rings is 2. The monoisotopic (exact) mass is 421 g/mol. The van der Waals surface area contributed by atoms with E-state index in [4.69, 9.17) is 4.74 Å². The van der Waals surface area contributed by atoms with E-state index >= 15 is 0 Å². The van der Waals surface area contributed by atoms with Crippen molar-refractivity contribution < 1.29 is 22.9 Å². The molecule has 0 aromatic heterocycles. The molecule has 0 saturated heterocycles. The van der Waals surface area contributed by atoms with E-state index in [9.17, 15) is 23.3 Å². The van der Waals surface area contributed by atoms with Crippen LogP contribution in [-0.2, 0) is 14.8 Å². The molecule has 0 bridgehead atoms. The maximum absolute atomic E-state index is 12.8. The fourth-order valence-electron chi connectivity index (χ4n) is 2.81. The van der Waals surface area contributed by atoms with Gasteiger partial charge in [-0.3, -0.25) is 19.2 Å². The molecule has 0 fully saturated rings. The Kier molecular flexibility index (Phi) is 6.80. The molecule has 0 aliphatic rings. The van der Waals surface area contributed by atoms with Crippen LogP contribution in [0.5, 0.6) is 5.75 Å². The van der Waals surface area contributed by atoms with Crippen LogP contribution in [0.15, 0.2) is 42.5 Å². The second kappa shape index (κ2) is 8.91. The fraction of sp³-hybridized carbons (Fsp3) is 0.316. The molecule has 2 aromatic rings. The van der Waals surface area contributed by atoms with Crippen LogP contribution in [0.2, 0.25) is 0 Å². The lowest BCUT2D eigenvalue weighted by atomic mass is 10.1. The third kappa shape index (κ3) is 5.44. The zero-order valence-electron chi connectivity index (χ0n) is 16.6. The third-order valence-corrected chi connectivity index (χ3v) is 5.37. The molecule has 2 rings (SSSR count). The average Bonchev–Trinajstić information content (AvgIpc) is 2.62. The molecule has 1 N–H and O–H groups in total. The summed E-state index contributed by atoms with van der Waals surface area (Å²) in [5.74, 6) is -0.0255. The van der Waals surface area contributed by atoms with Crippen molar-refractivity contribution in [3.05, 3.63) is 58.1 Å². The first-order valence-corrected chi connectivity index (χ1v) is 10.7. The molecule has 0 spiro atoms. The third-order valence-electron chi connectivity index (χ3n) is 4.14. The van der Waals surface area contributed by atoms with Gasteiger partial charge in [0.1, 0.15) is 11.8 Å². The second-order valence-electron chi connectivity index (χ2n) is 6.41. The molecule has 0 saturated carbocycles. The fourth-order valence-corrected chi connectivity index (χ4v) is 4.03. The van der Waals surface area contributed by atoms with Gasteiger partial charge in [-0.15, -0.1) is 0 Å². The summed E-state index contributed by atoms with van der Waals surface area (Å²) in [6, 6.07) is 9.43. The molecule has 1 amide bonds. The van der Waals surface area contributed by atoms with E-state index in [1.807, 2.05) is 6.92 Å². The summed E-state index contributed by atoms with van der Waals surface area (Å²) in [5, 5.41) is 13.8. The minimum Gasteiger partial charge on any atom is -0.494 e. The lowest BCUT2D eigenvalue weighted by Gasteiger charge is -2.29. The van der Waals surface area contributed by atoms with Gasteiger partial charge in [0.25, 0.3) is 5.69 Å². The average molecular weight is 421 g/mol. The standard InChI is InChI=1S/C19H23N3O6S/c1-5-28-17-8-6-7-15(11-17)20-19(23)14(3)21(29(4,26)27)18-12-16(22(24)25)10-9-13(18)2/h6-12,14H,5H2,1-4H3,(H,20,23). The molecule has 29 heavy (non-hydrogen) atoms. The lowest BCUT2D eigenvalue weighted by Crippen LogP contribution is -2.45. The zero-order valence-corrected chi connectivity index (χ0v) is 17.4. The Balaban J connectivity index is 2.39. The van der Waals surface area contributed by atoms with Crippen molar-refractivity contribution in [3.63, 3.8) is 0 Å². The van der Waals surface area contributed by atoms with E-state index in [1.165, 1.54) is 19.1 Å². The van der Waals surface area contributed by atoms with Gasteiger partial charge in [0.05, 0.1) is 23.5 Å². The number of sulfonamides is 1. The smallest absolute Gasteiger partial charge is 0.271 e. The molecule has 0 heterocycles. The van der Waals surface area contributed by atoms with Gasteiger partial charge in [0.2, 0.25) is 15.9 Å². The number of carbonyl (C=O) groups excluding carboxylic acids is 1. The maximum Gasteiger partial charge on any atom is 0.271 e. The van der Waals surface area contributed by atoms with Gasteiger partial charge in [0.15, 0.2) is 0 Å². The first kappa shape index (κ1) is 22.2. The highest BCUT2D eigenvalue weighted by Gasteiger charge is 2.31. The van der Waals surface area contributed by atoms with Crippen LogP contribution in [0.3, 0.4) is 0 Å². The number of nitro groups is 1. The predicted octanol–water partition coefficient (Wildman–Crippen LogP) is 3.10. The van der Waals surface area contributed by atoms with Gasteiger partial charge in [0, 0.05) is 23.9 Å². The van der Waals surface area contributed by atoms with Crippen molar-refractivity contribution in [2.24, 2.45) is 0 Å². The number of aryl methyl sites for hydroxylation is 1. The van der Waals surface area contributed by atoms with Gasteiger partial charge in [-0.25, -0.2) is 8.42 Å². The lowest BCUT2D eigenvalue weighted by molar-refractivity contribution is -0.384. The van der Waals surface area contributed by atoms with Crippen molar-refractivity contribution in [2.75, 3.05) is 22.5 Å². The van der Waals surface area contributed by atoms with Crippen LogP contribution in [0.4, 0.5) is 17.1 Å². The topological polar surface area (TPSA) is 119 Å². The van der Waals surface area contributed by atoms with Crippen molar-refractivity contribution in [1.29, 1.82) is 0 Å². The zero-order chi connectivity index (χ0) is 21.8. The number of nitro benzene ring substituents is 1. The van der Waals surface area contributed by atoms with Crippen LogP contribution < -0.4 is 14.4 Å². The Bertz CT molecular complexity index is 1020. The molecule has 0 radical (unpaired) electrons. The number of hydrogen-bond donors (Lipinski definition) is 1. The van der Waals surface area contributed by atoms with Gasteiger partial charge >= 0.3 is 0 Å². The van der Waals surface area contributed by atoms with Crippen molar-refractivity contribution in [3.8, 4) is 5.75 Å². The van der Waals surface area contributed by atoms with Crippen molar-refractivity contribution >= 4 is 33.0 Å². The highest BCUT2D eigenvalue weighted by molar-refractivity contribution is 7.92. The second-order valence-corrected chi connectivity index (χ2v) is 8.27. The molecule has 9 nitrogen and oxygen atoms in total. The van der Waals surface area contributed by atoms with Crippen LogP contribution >= 0.6 is 0 Å². The van der Waals surface area contributed by atoms with Gasteiger partial charge < -0.3 is 10.1 Å². The first-order chi connectivity index (χ1) is 13.5. The summed E-state index contributed by atoms with van der Waals surface area (Å²) in [6.45, 7) is 5.33. The number of anilines is 2. The van der Waals surface area contributed by atoms with E-state index in [-0.39, 0.29) is 11.4 Å². The maximum atomic E-state index is 12.8. The van der Waals surface area contributed by atoms with Crippen LogP contribution in [0.25, 0.3) is 0 Å². The summed E-state index contributed by atoms with van der Waals surface area (Å²) in [6.07, 6.45) is 0.949. The van der Waals surface area contributed by atoms with E-state index in [0.717, 1.165) is 16.6 Å². The summed E-state index contributed by atoms with van der Waals surface area (Å²) in [5.41, 5.74) is 0.736. The number of ether oxygens (including phenoxy) is 1. The van der Waals surface area contributed by atoms with Crippen LogP contribution in [0, 0.1) is 17.0 Å². The van der Waals surface area contributed by atoms with Gasteiger partial charge in [-0.2, -0.15) is 0 Å². The quantitative estimate of drug-likeness (QED) is 0.517. The number of non-ortho nitro benzene ring substituents is 1. The molecule has 2 aromatic carbocycles. The van der Waals surface area contributed by atoms with E-state index in [1.54, 1.807) is 31.2 Å². The van der Waals surface area contributed by atoms with E-state index in [2.05, 4.69) is 5.32 Å². The predicted molar refractivity (Wildman–Crippen MR) is 111 cm³/mol. The van der Waals surface area contributed by atoms with E-state index < -0.39 is 26.9 Å². The SMILES string of the molecule is CCOc1cccc(NC(=O)C(C)N(c2cc([N+](=O)[O-])ccc2C)S(C)(=O)=O)c1. The summed E-state index contributed by atoms with van der Waals surface area (Å²) in [4.78, 5) is 23.3. The Morgan fingerprint density at radius 3 is 2.55 bits per heavy atom. The number of hydrogen-bond acceptors (Lipinski definition) is 6. The number of nitrogens with one attached hydrogen (secondary N) is 1. The first-order valence-electron chi connectivity index (χ1n) is 8.82. The number of carbonyl (C=O) groups is 1.